The molecule has 0 saturated carbocycles. The summed E-state index contributed by atoms with van der Waals surface area (Å²) in [5, 5.41) is 2.82. The highest BCUT2D eigenvalue weighted by Crippen LogP contribution is 2.20. The summed E-state index contributed by atoms with van der Waals surface area (Å²) in [5.41, 5.74) is 0.683. The van der Waals surface area contributed by atoms with Crippen molar-refractivity contribution in [3.05, 3.63) is 54.6 Å². The van der Waals surface area contributed by atoms with Gasteiger partial charge in [-0.15, -0.1) is 0 Å². The quantitative estimate of drug-likeness (QED) is 0.945. The number of carbonyl (C=O) groups is 1. The van der Waals surface area contributed by atoms with Gasteiger partial charge < -0.3 is 15.0 Å². The lowest BCUT2D eigenvalue weighted by Crippen LogP contribution is -2.43. The first-order chi connectivity index (χ1) is 11.2. The van der Waals surface area contributed by atoms with Crippen LogP contribution in [0.15, 0.2) is 48.8 Å². The first-order valence-electron chi connectivity index (χ1n) is 7.59. The molecule has 1 saturated heterocycles. The number of nitrogens with one attached hydrogen (secondary N) is 1. The minimum Gasteiger partial charge on any atom is -0.490 e. The summed E-state index contributed by atoms with van der Waals surface area (Å²) < 4.78 is 18.7. The number of likely N-dealkylation sites (tertiary alicyclic amines) is 1. The highest BCUT2D eigenvalue weighted by Gasteiger charge is 2.24. The molecule has 1 aliphatic heterocycles. The maximum atomic E-state index is 12.9. The van der Waals surface area contributed by atoms with Gasteiger partial charge in [0.05, 0.1) is 11.9 Å². The molecule has 2 heterocycles. The maximum absolute atomic E-state index is 12.9. The molecule has 23 heavy (non-hydrogen) atoms. The molecule has 2 aromatic rings. The summed E-state index contributed by atoms with van der Waals surface area (Å²) in [7, 11) is 0. The number of urea groups is 1. The number of halogens is 1. The van der Waals surface area contributed by atoms with E-state index in [0.29, 0.717) is 24.5 Å². The van der Waals surface area contributed by atoms with Crippen molar-refractivity contribution in [1.82, 2.24) is 9.88 Å². The predicted octanol–water partition coefficient (Wildman–Crippen LogP) is 3.30. The van der Waals surface area contributed by atoms with Crippen LogP contribution in [0.4, 0.5) is 14.9 Å². The Hall–Kier alpha value is -2.63. The van der Waals surface area contributed by atoms with Gasteiger partial charge in [0, 0.05) is 32.1 Å². The lowest BCUT2D eigenvalue weighted by molar-refractivity contribution is 0.115. The van der Waals surface area contributed by atoms with Crippen molar-refractivity contribution in [3.63, 3.8) is 0 Å². The van der Waals surface area contributed by atoms with Crippen LogP contribution in [0.25, 0.3) is 0 Å². The van der Waals surface area contributed by atoms with Crippen LogP contribution >= 0.6 is 0 Å². The molecule has 0 radical (unpaired) electrons. The zero-order chi connectivity index (χ0) is 16.1. The van der Waals surface area contributed by atoms with Crippen LogP contribution in [0.1, 0.15) is 12.8 Å². The molecule has 2 amide bonds. The zero-order valence-corrected chi connectivity index (χ0v) is 12.6. The summed E-state index contributed by atoms with van der Waals surface area (Å²) in [6, 6.07) is 9.46. The monoisotopic (exact) mass is 315 g/mol. The number of piperidine rings is 1. The molecule has 1 aromatic heterocycles. The molecule has 1 N–H and O–H groups in total. The Bertz CT molecular complexity index is 641. The number of rotatable bonds is 3. The molecule has 3 rings (SSSR count). The maximum Gasteiger partial charge on any atom is 0.321 e. The standard InChI is InChI=1S/C17H18FN3O2/c18-13-3-5-15(6-4-13)23-16-7-10-21(11-8-16)17(22)20-14-2-1-9-19-12-14/h1-6,9,12,16H,7-8,10-11H2,(H,20,22). The Morgan fingerprint density at radius 2 is 1.96 bits per heavy atom. The molecule has 120 valence electrons. The average molecular weight is 315 g/mol. The number of aromatic nitrogens is 1. The van der Waals surface area contributed by atoms with Crippen molar-refractivity contribution in [2.75, 3.05) is 18.4 Å². The van der Waals surface area contributed by atoms with Crippen LogP contribution < -0.4 is 10.1 Å². The van der Waals surface area contributed by atoms with Gasteiger partial charge in [-0.1, -0.05) is 0 Å². The molecular formula is C17H18FN3O2. The van der Waals surface area contributed by atoms with Gasteiger partial charge in [0.15, 0.2) is 0 Å². The number of nitrogens with zero attached hydrogens (tertiary/aromatic N) is 2. The molecule has 1 fully saturated rings. The van der Waals surface area contributed by atoms with Crippen molar-refractivity contribution in [2.45, 2.75) is 18.9 Å². The fraction of sp³-hybridized carbons (Fsp3) is 0.294. The highest BCUT2D eigenvalue weighted by atomic mass is 19.1. The second kappa shape index (κ2) is 7.09. The van der Waals surface area contributed by atoms with E-state index in [9.17, 15) is 9.18 Å². The van der Waals surface area contributed by atoms with E-state index in [1.54, 1.807) is 41.6 Å². The van der Waals surface area contributed by atoms with Crippen molar-refractivity contribution >= 4 is 11.7 Å². The number of ether oxygens (including phenoxy) is 1. The summed E-state index contributed by atoms with van der Waals surface area (Å²) >= 11 is 0. The van der Waals surface area contributed by atoms with Crippen LogP contribution in [0.5, 0.6) is 5.75 Å². The van der Waals surface area contributed by atoms with Gasteiger partial charge in [-0.25, -0.2) is 9.18 Å². The van der Waals surface area contributed by atoms with Crippen molar-refractivity contribution in [1.29, 1.82) is 0 Å². The minimum absolute atomic E-state index is 0.0444. The van der Waals surface area contributed by atoms with E-state index in [-0.39, 0.29) is 18.0 Å². The number of anilines is 1. The molecule has 0 unspecified atom stereocenters. The van der Waals surface area contributed by atoms with Crippen LogP contribution in [-0.4, -0.2) is 35.1 Å². The fourth-order valence-electron chi connectivity index (χ4n) is 2.52. The molecule has 6 heteroatoms. The summed E-state index contributed by atoms with van der Waals surface area (Å²) in [6.45, 7) is 1.25. The normalized spacial score (nSPS) is 15.3. The van der Waals surface area contributed by atoms with E-state index in [1.165, 1.54) is 12.1 Å². The van der Waals surface area contributed by atoms with Crippen LogP contribution in [0, 0.1) is 5.82 Å². The second-order valence-corrected chi connectivity index (χ2v) is 5.43. The van der Waals surface area contributed by atoms with Gasteiger partial charge in [-0.3, -0.25) is 4.98 Å². The van der Waals surface area contributed by atoms with Gasteiger partial charge in [-0.2, -0.15) is 0 Å². The van der Waals surface area contributed by atoms with Crippen molar-refractivity contribution in [2.24, 2.45) is 0 Å². The Morgan fingerprint density at radius 1 is 1.22 bits per heavy atom. The average Bonchev–Trinajstić information content (AvgIpc) is 2.58. The number of benzene rings is 1. The summed E-state index contributed by atoms with van der Waals surface area (Å²) in [4.78, 5) is 17.9. The topological polar surface area (TPSA) is 54.5 Å². The van der Waals surface area contributed by atoms with Gasteiger partial charge in [0.1, 0.15) is 17.7 Å². The number of hydrogen-bond acceptors (Lipinski definition) is 3. The Labute approximate surface area is 134 Å². The summed E-state index contributed by atoms with van der Waals surface area (Å²) in [6.07, 6.45) is 4.81. The van der Waals surface area contributed by atoms with E-state index in [4.69, 9.17) is 4.74 Å². The van der Waals surface area contributed by atoms with E-state index in [2.05, 4.69) is 10.3 Å². The van der Waals surface area contributed by atoms with Crippen LogP contribution in [0.3, 0.4) is 0 Å². The second-order valence-electron chi connectivity index (χ2n) is 5.43. The lowest BCUT2D eigenvalue weighted by Gasteiger charge is -2.32. The molecule has 0 atom stereocenters. The zero-order valence-electron chi connectivity index (χ0n) is 12.6. The fourth-order valence-corrected chi connectivity index (χ4v) is 2.52. The predicted molar refractivity (Wildman–Crippen MR) is 84.9 cm³/mol. The number of amides is 2. The molecule has 0 bridgehead atoms. The third-order valence-electron chi connectivity index (χ3n) is 3.76. The Balaban J connectivity index is 1.48. The highest BCUT2D eigenvalue weighted by molar-refractivity contribution is 5.89. The minimum atomic E-state index is -0.278. The largest absolute Gasteiger partial charge is 0.490 e. The number of carbonyl (C=O) groups excluding carboxylic acids is 1. The molecular weight excluding hydrogens is 297 g/mol. The van der Waals surface area contributed by atoms with Crippen LogP contribution in [-0.2, 0) is 0 Å². The SMILES string of the molecule is O=C(Nc1cccnc1)N1CCC(Oc2ccc(F)cc2)CC1. The molecule has 0 spiro atoms. The lowest BCUT2D eigenvalue weighted by atomic mass is 10.1. The van der Waals surface area contributed by atoms with Gasteiger partial charge in [0.2, 0.25) is 0 Å². The first-order valence-corrected chi connectivity index (χ1v) is 7.59. The van der Waals surface area contributed by atoms with Crippen LogP contribution in [0.2, 0.25) is 0 Å². The molecule has 1 aliphatic rings. The van der Waals surface area contributed by atoms with E-state index < -0.39 is 0 Å². The summed E-state index contributed by atoms with van der Waals surface area (Å²) in [5.74, 6) is 0.379. The van der Waals surface area contributed by atoms with Crippen molar-refractivity contribution in [3.8, 4) is 5.75 Å². The van der Waals surface area contributed by atoms with Gasteiger partial charge in [-0.05, 0) is 36.4 Å². The van der Waals surface area contributed by atoms with Crippen molar-refractivity contribution < 1.29 is 13.9 Å². The third kappa shape index (κ3) is 4.18. The molecule has 5 nitrogen and oxygen atoms in total. The van der Waals surface area contributed by atoms with Gasteiger partial charge >= 0.3 is 6.03 Å². The Morgan fingerprint density at radius 3 is 2.61 bits per heavy atom. The van der Waals surface area contributed by atoms with E-state index in [0.717, 1.165) is 12.8 Å². The van der Waals surface area contributed by atoms with E-state index in [1.807, 2.05) is 0 Å². The van der Waals surface area contributed by atoms with Gasteiger partial charge in [0.25, 0.3) is 0 Å². The third-order valence-corrected chi connectivity index (χ3v) is 3.76. The molecule has 1 aromatic carbocycles. The smallest absolute Gasteiger partial charge is 0.321 e. The molecule has 0 aliphatic carbocycles. The number of hydrogen-bond donors (Lipinski definition) is 1. The number of pyridine rings is 1. The van der Waals surface area contributed by atoms with E-state index >= 15 is 0 Å². The Kier molecular flexibility index (Phi) is 4.71. The first kappa shape index (κ1) is 15.3.